The van der Waals surface area contributed by atoms with Crippen LogP contribution in [-0.4, -0.2) is 13.0 Å². The number of nitrogens with zero attached hydrogens (tertiary/aromatic N) is 1. The zero-order valence-corrected chi connectivity index (χ0v) is 20.9. The summed E-state index contributed by atoms with van der Waals surface area (Å²) in [6.45, 7) is 2.38. The second-order valence-corrected chi connectivity index (χ2v) is 8.73. The van der Waals surface area contributed by atoms with Crippen LogP contribution in [0.25, 0.3) is 6.08 Å². The van der Waals surface area contributed by atoms with Gasteiger partial charge in [-0.1, -0.05) is 53.0 Å². The molecule has 0 aliphatic carbocycles. The first kappa shape index (κ1) is 24.7. The molecule has 3 aromatic rings. The Labute approximate surface area is 210 Å². The Morgan fingerprint density at radius 1 is 1.15 bits per heavy atom. The number of methoxy groups -OCH3 is 1. The molecule has 3 rings (SSSR count). The summed E-state index contributed by atoms with van der Waals surface area (Å²) in [7, 11) is 1.52. The molecule has 0 atom stereocenters. The zero-order valence-electron chi connectivity index (χ0n) is 17.8. The zero-order chi connectivity index (χ0) is 24.0. The van der Waals surface area contributed by atoms with Crippen LogP contribution in [-0.2, 0) is 11.4 Å². The summed E-state index contributed by atoms with van der Waals surface area (Å²) >= 11 is 15.4. The lowest BCUT2D eigenvalue weighted by molar-refractivity contribution is -0.112. The monoisotopic (exact) mass is 544 g/mol. The van der Waals surface area contributed by atoms with E-state index in [-0.39, 0.29) is 5.57 Å². The number of nitrogens with one attached hydrogen (secondary N) is 1. The highest BCUT2D eigenvalue weighted by Gasteiger charge is 2.15. The van der Waals surface area contributed by atoms with Crippen molar-refractivity contribution in [3.8, 4) is 17.6 Å². The van der Waals surface area contributed by atoms with E-state index in [9.17, 15) is 10.1 Å². The van der Waals surface area contributed by atoms with Crippen molar-refractivity contribution in [3.63, 3.8) is 0 Å². The Hall–Kier alpha value is -2.98. The van der Waals surface area contributed by atoms with Crippen LogP contribution in [0.15, 0.2) is 64.6 Å². The molecule has 3 aromatic carbocycles. The summed E-state index contributed by atoms with van der Waals surface area (Å²) in [5, 5.41) is 12.8. The average Bonchev–Trinajstić information content (AvgIpc) is 2.78. The van der Waals surface area contributed by atoms with Crippen molar-refractivity contribution in [2.45, 2.75) is 13.5 Å². The highest BCUT2D eigenvalue weighted by atomic mass is 79.9. The molecule has 0 saturated carbocycles. The van der Waals surface area contributed by atoms with Crippen molar-refractivity contribution < 1.29 is 14.3 Å². The van der Waals surface area contributed by atoms with Gasteiger partial charge >= 0.3 is 0 Å². The summed E-state index contributed by atoms with van der Waals surface area (Å²) in [6, 6.07) is 18.1. The molecule has 0 bridgehead atoms. The lowest BCUT2D eigenvalue weighted by atomic mass is 10.1. The van der Waals surface area contributed by atoms with Crippen LogP contribution >= 0.6 is 39.1 Å². The van der Waals surface area contributed by atoms with Crippen LogP contribution in [0, 0.1) is 18.3 Å². The fourth-order valence-electron chi connectivity index (χ4n) is 3.01. The van der Waals surface area contributed by atoms with Gasteiger partial charge < -0.3 is 14.8 Å². The molecule has 33 heavy (non-hydrogen) atoms. The van der Waals surface area contributed by atoms with Gasteiger partial charge in [0.25, 0.3) is 5.91 Å². The largest absolute Gasteiger partial charge is 0.493 e. The van der Waals surface area contributed by atoms with Crippen molar-refractivity contribution in [1.82, 2.24) is 0 Å². The van der Waals surface area contributed by atoms with Crippen molar-refractivity contribution in [2.75, 3.05) is 12.4 Å². The molecular weight excluding hydrogens is 527 g/mol. The number of hydrogen-bond donors (Lipinski definition) is 1. The van der Waals surface area contributed by atoms with Crippen molar-refractivity contribution >= 4 is 56.8 Å². The molecule has 0 aromatic heterocycles. The van der Waals surface area contributed by atoms with Crippen molar-refractivity contribution in [3.05, 3.63) is 91.4 Å². The molecule has 1 N–H and O–H groups in total. The second kappa shape index (κ2) is 11.2. The fourth-order valence-corrected chi connectivity index (χ4v) is 3.88. The van der Waals surface area contributed by atoms with E-state index in [1.54, 1.807) is 24.3 Å². The standard InChI is InChI=1S/C25H19BrCl2N2O3/c1-15-4-3-5-16(8-15)14-33-24-20(26)10-17(11-23(24)32-2)9-18(13-29)25(31)30-19-6-7-21(27)22(28)12-19/h3-12H,14H2,1-2H3,(H,30,31)/b18-9+. The topological polar surface area (TPSA) is 71.3 Å². The molecule has 1 amide bonds. The Morgan fingerprint density at radius 2 is 1.94 bits per heavy atom. The predicted octanol–water partition coefficient (Wildman–Crippen LogP) is 7.20. The maximum atomic E-state index is 12.6. The van der Waals surface area contributed by atoms with E-state index < -0.39 is 5.91 Å². The third-order valence-electron chi connectivity index (χ3n) is 4.57. The van der Waals surface area contributed by atoms with Crippen LogP contribution in [0.1, 0.15) is 16.7 Å². The summed E-state index contributed by atoms with van der Waals surface area (Å²) in [4.78, 5) is 12.6. The number of rotatable bonds is 7. The van der Waals surface area contributed by atoms with Gasteiger partial charge in [-0.25, -0.2) is 0 Å². The number of halogens is 3. The molecule has 0 radical (unpaired) electrons. The van der Waals surface area contributed by atoms with E-state index in [0.29, 0.717) is 43.9 Å². The smallest absolute Gasteiger partial charge is 0.266 e. The molecule has 5 nitrogen and oxygen atoms in total. The number of aryl methyl sites for hydroxylation is 1. The summed E-state index contributed by atoms with van der Waals surface area (Å²) < 4.78 is 12.1. The summed E-state index contributed by atoms with van der Waals surface area (Å²) in [5.74, 6) is 0.408. The number of nitriles is 1. The minimum Gasteiger partial charge on any atom is -0.493 e. The normalized spacial score (nSPS) is 11.0. The van der Waals surface area contributed by atoms with E-state index in [1.165, 1.54) is 19.3 Å². The van der Waals surface area contributed by atoms with Crippen LogP contribution in [0.4, 0.5) is 5.69 Å². The molecular formula is C25H19BrCl2N2O3. The van der Waals surface area contributed by atoms with Gasteiger partial charge in [0.05, 0.1) is 21.6 Å². The van der Waals surface area contributed by atoms with Crippen LogP contribution in [0.5, 0.6) is 11.5 Å². The van der Waals surface area contributed by atoms with E-state index in [1.807, 2.05) is 37.3 Å². The van der Waals surface area contributed by atoms with E-state index in [2.05, 4.69) is 21.2 Å². The maximum Gasteiger partial charge on any atom is 0.266 e. The van der Waals surface area contributed by atoms with Gasteiger partial charge in [-0.05, 0) is 70.4 Å². The maximum absolute atomic E-state index is 12.6. The second-order valence-electron chi connectivity index (χ2n) is 7.06. The minimum absolute atomic E-state index is 0.0940. The van der Waals surface area contributed by atoms with Gasteiger partial charge in [0.15, 0.2) is 11.5 Å². The van der Waals surface area contributed by atoms with Crippen LogP contribution in [0.3, 0.4) is 0 Å². The highest BCUT2D eigenvalue weighted by molar-refractivity contribution is 9.10. The Bertz CT molecular complexity index is 1270. The molecule has 0 spiro atoms. The van der Waals surface area contributed by atoms with E-state index in [4.69, 9.17) is 32.7 Å². The van der Waals surface area contributed by atoms with Gasteiger partial charge in [-0.3, -0.25) is 4.79 Å². The molecule has 0 fully saturated rings. The lowest BCUT2D eigenvalue weighted by Gasteiger charge is -2.14. The molecule has 0 heterocycles. The molecule has 8 heteroatoms. The average molecular weight is 546 g/mol. The number of hydrogen-bond acceptors (Lipinski definition) is 4. The Kier molecular flexibility index (Phi) is 8.40. The van der Waals surface area contributed by atoms with Gasteiger partial charge in [-0.15, -0.1) is 0 Å². The number of carbonyl (C=O) groups excluding carboxylic acids is 1. The van der Waals surface area contributed by atoms with Gasteiger partial charge in [0.1, 0.15) is 18.2 Å². The highest BCUT2D eigenvalue weighted by Crippen LogP contribution is 2.38. The first-order valence-corrected chi connectivity index (χ1v) is 11.3. The van der Waals surface area contributed by atoms with Gasteiger partial charge in [0.2, 0.25) is 0 Å². The van der Waals surface area contributed by atoms with E-state index in [0.717, 1.165) is 11.1 Å². The van der Waals surface area contributed by atoms with Crippen LogP contribution < -0.4 is 14.8 Å². The molecule has 0 aliphatic heterocycles. The third-order valence-corrected chi connectivity index (χ3v) is 5.90. The third kappa shape index (κ3) is 6.52. The minimum atomic E-state index is -0.578. The number of ether oxygens (including phenoxy) is 2. The van der Waals surface area contributed by atoms with Crippen LogP contribution in [0.2, 0.25) is 10.0 Å². The fraction of sp³-hybridized carbons (Fsp3) is 0.120. The lowest BCUT2D eigenvalue weighted by Crippen LogP contribution is -2.13. The van der Waals surface area contributed by atoms with Gasteiger partial charge in [-0.2, -0.15) is 5.26 Å². The number of amides is 1. The Morgan fingerprint density at radius 3 is 2.61 bits per heavy atom. The Balaban J connectivity index is 1.82. The predicted molar refractivity (Wildman–Crippen MR) is 135 cm³/mol. The number of carbonyl (C=O) groups is 1. The summed E-state index contributed by atoms with van der Waals surface area (Å²) in [5.41, 5.74) is 3.09. The molecule has 0 unspecified atom stereocenters. The SMILES string of the molecule is COc1cc(/C=C(\C#N)C(=O)Nc2ccc(Cl)c(Cl)c2)cc(Br)c1OCc1cccc(C)c1. The quantitative estimate of drug-likeness (QED) is 0.252. The first-order valence-electron chi connectivity index (χ1n) is 9.74. The number of benzene rings is 3. The van der Waals surface area contributed by atoms with E-state index >= 15 is 0 Å². The number of anilines is 1. The van der Waals surface area contributed by atoms with Crippen molar-refractivity contribution in [1.29, 1.82) is 5.26 Å². The summed E-state index contributed by atoms with van der Waals surface area (Å²) in [6.07, 6.45) is 1.46. The van der Waals surface area contributed by atoms with Crippen molar-refractivity contribution in [2.24, 2.45) is 0 Å². The molecule has 168 valence electrons. The van der Waals surface area contributed by atoms with Gasteiger partial charge in [0, 0.05) is 5.69 Å². The molecule has 0 saturated heterocycles. The molecule has 0 aliphatic rings. The first-order chi connectivity index (χ1) is 15.8.